The van der Waals surface area contributed by atoms with E-state index < -0.39 is 0 Å². The van der Waals surface area contributed by atoms with Gasteiger partial charge in [0.1, 0.15) is 12.4 Å². The van der Waals surface area contributed by atoms with E-state index in [1.165, 1.54) is 11.1 Å². The summed E-state index contributed by atoms with van der Waals surface area (Å²) in [5, 5.41) is 0. The van der Waals surface area contributed by atoms with Crippen molar-refractivity contribution in [2.75, 3.05) is 6.61 Å². The Hall–Kier alpha value is -0.990. The van der Waals surface area contributed by atoms with Crippen LogP contribution < -0.4 is 10.5 Å². The normalized spacial score (nSPS) is 12.9. The average Bonchev–Trinajstić information content (AvgIpc) is 2.31. The topological polar surface area (TPSA) is 35.2 Å². The van der Waals surface area contributed by atoms with E-state index in [4.69, 9.17) is 22.1 Å². The van der Waals surface area contributed by atoms with Crippen molar-refractivity contribution in [1.29, 1.82) is 0 Å². The second-order valence-electron chi connectivity index (χ2n) is 3.69. The van der Waals surface area contributed by atoms with Gasteiger partial charge in [-0.1, -0.05) is 30.7 Å². The number of nitrogens with two attached hydrogens (primary N) is 1. The molecule has 1 rings (SSSR count). The van der Waals surface area contributed by atoms with Crippen LogP contribution in [0.5, 0.6) is 5.75 Å². The molecular formula is C13H18ClNO. The zero-order valence-corrected chi connectivity index (χ0v) is 10.3. The molecule has 0 amide bonds. The quantitative estimate of drug-likeness (QED) is 0.828. The molecule has 0 spiro atoms. The van der Waals surface area contributed by atoms with Crippen molar-refractivity contribution in [2.24, 2.45) is 5.73 Å². The van der Waals surface area contributed by atoms with Gasteiger partial charge in [0.05, 0.1) is 0 Å². The highest BCUT2D eigenvalue weighted by Gasteiger charge is 2.01. The summed E-state index contributed by atoms with van der Waals surface area (Å²) in [6, 6.07) is 8.26. The van der Waals surface area contributed by atoms with Crippen LogP contribution in [0.2, 0.25) is 0 Å². The Bertz CT molecular complexity index is 321. The first-order chi connectivity index (χ1) is 7.76. The minimum atomic E-state index is 0.242. The highest BCUT2D eigenvalue weighted by Crippen LogP contribution is 2.13. The third-order valence-electron chi connectivity index (χ3n) is 2.38. The van der Waals surface area contributed by atoms with E-state index in [1.807, 2.05) is 12.1 Å². The summed E-state index contributed by atoms with van der Waals surface area (Å²) >= 11 is 5.39. The maximum atomic E-state index is 5.89. The minimum absolute atomic E-state index is 0.242. The average molecular weight is 240 g/mol. The Morgan fingerprint density at radius 2 is 2.06 bits per heavy atom. The summed E-state index contributed by atoms with van der Waals surface area (Å²) in [6.45, 7) is 2.60. The van der Waals surface area contributed by atoms with E-state index in [1.54, 1.807) is 6.08 Å². The molecule has 0 aliphatic rings. The Labute approximate surface area is 102 Å². The van der Waals surface area contributed by atoms with Crippen molar-refractivity contribution in [2.45, 2.75) is 25.8 Å². The van der Waals surface area contributed by atoms with Gasteiger partial charge in [-0.05, 0) is 36.6 Å². The lowest BCUT2D eigenvalue weighted by atomic mass is 10.0. The maximum Gasteiger partial charge on any atom is 0.119 e. The van der Waals surface area contributed by atoms with Gasteiger partial charge in [0.15, 0.2) is 0 Å². The van der Waals surface area contributed by atoms with Crippen LogP contribution in [0.1, 0.15) is 18.9 Å². The van der Waals surface area contributed by atoms with E-state index in [9.17, 15) is 0 Å². The molecule has 88 valence electrons. The SMILES string of the molecule is CCC(N)Cc1ccc(OC/C=C/Cl)cc1. The molecule has 0 radical (unpaired) electrons. The van der Waals surface area contributed by atoms with E-state index >= 15 is 0 Å². The maximum absolute atomic E-state index is 5.89. The summed E-state index contributed by atoms with van der Waals surface area (Å²) in [6.07, 6.45) is 3.67. The number of rotatable bonds is 6. The molecule has 0 aliphatic carbocycles. The lowest BCUT2D eigenvalue weighted by Crippen LogP contribution is -2.21. The fourth-order valence-electron chi connectivity index (χ4n) is 1.35. The van der Waals surface area contributed by atoms with E-state index in [0.717, 1.165) is 18.6 Å². The van der Waals surface area contributed by atoms with Gasteiger partial charge >= 0.3 is 0 Å². The first kappa shape index (κ1) is 13.1. The molecule has 1 aromatic carbocycles. The molecule has 16 heavy (non-hydrogen) atoms. The summed E-state index contributed by atoms with van der Waals surface area (Å²) in [7, 11) is 0. The molecule has 1 atom stereocenters. The monoisotopic (exact) mass is 239 g/mol. The largest absolute Gasteiger partial charge is 0.490 e. The Kier molecular flexibility index (Phi) is 5.98. The summed E-state index contributed by atoms with van der Waals surface area (Å²) in [5.74, 6) is 0.851. The van der Waals surface area contributed by atoms with E-state index in [-0.39, 0.29) is 6.04 Å². The van der Waals surface area contributed by atoms with Crippen molar-refractivity contribution >= 4 is 11.6 Å². The Morgan fingerprint density at radius 3 is 2.62 bits per heavy atom. The number of halogens is 1. The van der Waals surface area contributed by atoms with Crippen LogP contribution in [0.15, 0.2) is 35.9 Å². The van der Waals surface area contributed by atoms with Crippen molar-refractivity contribution in [3.05, 3.63) is 41.4 Å². The second kappa shape index (κ2) is 7.31. The summed E-state index contributed by atoms with van der Waals surface area (Å²) in [5.41, 5.74) is 8.58. The van der Waals surface area contributed by atoms with Crippen molar-refractivity contribution in [1.82, 2.24) is 0 Å². The fourth-order valence-corrected chi connectivity index (χ4v) is 1.42. The molecule has 1 aromatic rings. The zero-order valence-electron chi connectivity index (χ0n) is 9.53. The van der Waals surface area contributed by atoms with E-state index in [0.29, 0.717) is 6.61 Å². The van der Waals surface area contributed by atoms with Crippen molar-refractivity contribution in [3.63, 3.8) is 0 Å². The van der Waals surface area contributed by atoms with Gasteiger partial charge in [0.25, 0.3) is 0 Å². The van der Waals surface area contributed by atoms with E-state index in [2.05, 4.69) is 19.1 Å². The standard InChI is InChI=1S/C13H18ClNO/c1-2-12(15)10-11-4-6-13(7-5-11)16-9-3-8-14/h3-8,12H,2,9-10,15H2,1H3/b8-3+. The number of benzene rings is 1. The van der Waals surface area contributed by atoms with Crippen LogP contribution >= 0.6 is 11.6 Å². The number of ether oxygens (including phenoxy) is 1. The molecule has 3 heteroatoms. The van der Waals surface area contributed by atoms with Gasteiger partial charge < -0.3 is 10.5 Å². The molecule has 0 fully saturated rings. The van der Waals surface area contributed by atoms with Crippen molar-refractivity contribution < 1.29 is 4.74 Å². The van der Waals surface area contributed by atoms with Crippen LogP contribution in [0, 0.1) is 0 Å². The van der Waals surface area contributed by atoms with Crippen LogP contribution in [0.25, 0.3) is 0 Å². The minimum Gasteiger partial charge on any atom is -0.490 e. The van der Waals surface area contributed by atoms with Crippen molar-refractivity contribution in [3.8, 4) is 5.75 Å². The Balaban J connectivity index is 2.47. The summed E-state index contributed by atoms with van der Waals surface area (Å²) in [4.78, 5) is 0. The van der Waals surface area contributed by atoms with Crippen LogP contribution in [0.3, 0.4) is 0 Å². The van der Waals surface area contributed by atoms with Crippen LogP contribution in [-0.4, -0.2) is 12.6 Å². The van der Waals surface area contributed by atoms with Gasteiger partial charge in [-0.3, -0.25) is 0 Å². The number of hydrogen-bond acceptors (Lipinski definition) is 2. The molecule has 0 aromatic heterocycles. The second-order valence-corrected chi connectivity index (χ2v) is 3.94. The number of hydrogen-bond donors (Lipinski definition) is 1. The predicted octanol–water partition coefficient (Wildman–Crippen LogP) is 3.10. The molecule has 0 saturated heterocycles. The summed E-state index contributed by atoms with van der Waals surface area (Å²) < 4.78 is 5.43. The first-order valence-electron chi connectivity index (χ1n) is 5.48. The van der Waals surface area contributed by atoms with Crippen LogP contribution in [0.4, 0.5) is 0 Å². The molecule has 0 bridgehead atoms. The highest BCUT2D eigenvalue weighted by atomic mass is 35.5. The molecular weight excluding hydrogens is 222 g/mol. The molecule has 1 unspecified atom stereocenters. The highest BCUT2D eigenvalue weighted by molar-refractivity contribution is 6.25. The smallest absolute Gasteiger partial charge is 0.119 e. The molecule has 0 heterocycles. The third-order valence-corrected chi connectivity index (χ3v) is 2.56. The Morgan fingerprint density at radius 1 is 1.38 bits per heavy atom. The third kappa shape index (κ3) is 4.69. The lowest BCUT2D eigenvalue weighted by molar-refractivity contribution is 0.363. The molecule has 0 saturated carbocycles. The zero-order chi connectivity index (χ0) is 11.8. The molecule has 0 aliphatic heterocycles. The predicted molar refractivity (Wildman–Crippen MR) is 68.9 cm³/mol. The van der Waals surface area contributed by atoms with Gasteiger partial charge in [-0.25, -0.2) is 0 Å². The van der Waals surface area contributed by atoms with Gasteiger partial charge in [-0.2, -0.15) is 0 Å². The first-order valence-corrected chi connectivity index (χ1v) is 5.92. The van der Waals surface area contributed by atoms with Gasteiger partial charge in [0, 0.05) is 11.6 Å². The lowest BCUT2D eigenvalue weighted by Gasteiger charge is -2.09. The molecule has 2 N–H and O–H groups in total. The van der Waals surface area contributed by atoms with Gasteiger partial charge in [-0.15, -0.1) is 0 Å². The fraction of sp³-hybridized carbons (Fsp3) is 0.385. The van der Waals surface area contributed by atoms with Gasteiger partial charge in [0.2, 0.25) is 0 Å². The van der Waals surface area contributed by atoms with Crippen LogP contribution in [-0.2, 0) is 6.42 Å². The molecule has 2 nitrogen and oxygen atoms in total.